The zero-order chi connectivity index (χ0) is 9.42. The highest BCUT2D eigenvalue weighted by Crippen LogP contribution is 2.39. The second-order valence-corrected chi connectivity index (χ2v) is 3.17. The van der Waals surface area contributed by atoms with E-state index in [1.54, 1.807) is 0 Å². The van der Waals surface area contributed by atoms with Crippen molar-refractivity contribution in [3.8, 4) is 0 Å². The molecule has 1 aromatic carbocycles. The molecule has 0 spiro atoms. The average molecular weight is 178 g/mol. The van der Waals surface area contributed by atoms with Crippen LogP contribution in [-0.4, -0.2) is 17.2 Å². The molecule has 2 rings (SSSR count). The van der Waals surface area contributed by atoms with Gasteiger partial charge in [0.25, 0.3) is 0 Å². The van der Waals surface area contributed by atoms with Crippen molar-refractivity contribution in [1.82, 2.24) is 0 Å². The lowest BCUT2D eigenvalue weighted by molar-refractivity contribution is -0.138. The van der Waals surface area contributed by atoms with Gasteiger partial charge >= 0.3 is 5.97 Å². The van der Waals surface area contributed by atoms with Crippen LogP contribution in [0.25, 0.3) is 0 Å². The van der Waals surface area contributed by atoms with E-state index in [2.05, 4.69) is 0 Å². The van der Waals surface area contributed by atoms with Gasteiger partial charge in [0, 0.05) is 0 Å². The third-order valence-corrected chi connectivity index (χ3v) is 2.23. The van der Waals surface area contributed by atoms with Crippen LogP contribution in [-0.2, 0) is 9.53 Å². The number of aryl methyl sites for hydroxylation is 1. The predicted octanol–water partition coefficient (Wildman–Crippen LogP) is 1.52. The third kappa shape index (κ3) is 1.42. The molecule has 1 aromatic rings. The molecule has 3 heteroatoms. The van der Waals surface area contributed by atoms with E-state index in [0.717, 1.165) is 11.1 Å². The Balaban J connectivity index is 2.21. The second kappa shape index (κ2) is 2.85. The van der Waals surface area contributed by atoms with Gasteiger partial charge in [0.05, 0.1) is 0 Å². The number of carbonyl (C=O) groups is 1. The fourth-order valence-corrected chi connectivity index (χ4v) is 1.44. The standard InChI is InChI=1S/C10H10O3/c1-6-4-2-3-5-7(6)8-9(13-8)10(11)12/h2-5,8-9H,1H3,(H,11,12)/t8-,9+/m1/s1. The van der Waals surface area contributed by atoms with E-state index in [4.69, 9.17) is 9.84 Å². The monoisotopic (exact) mass is 178 g/mol. The molecule has 0 radical (unpaired) electrons. The lowest BCUT2D eigenvalue weighted by Gasteiger charge is -1.99. The van der Waals surface area contributed by atoms with Gasteiger partial charge in [-0.25, -0.2) is 4.79 Å². The fraction of sp³-hybridized carbons (Fsp3) is 0.300. The van der Waals surface area contributed by atoms with Crippen molar-refractivity contribution in [3.63, 3.8) is 0 Å². The number of epoxide rings is 1. The maximum Gasteiger partial charge on any atom is 0.335 e. The lowest BCUT2D eigenvalue weighted by atomic mass is 10.0. The molecule has 1 fully saturated rings. The lowest BCUT2D eigenvalue weighted by Crippen LogP contribution is -2.05. The molecular weight excluding hydrogens is 168 g/mol. The highest BCUT2D eigenvalue weighted by atomic mass is 16.6. The molecule has 13 heavy (non-hydrogen) atoms. The Morgan fingerprint density at radius 2 is 2.15 bits per heavy atom. The molecule has 3 nitrogen and oxygen atoms in total. The van der Waals surface area contributed by atoms with Crippen LogP contribution in [0, 0.1) is 6.92 Å². The second-order valence-electron chi connectivity index (χ2n) is 3.17. The molecule has 1 N–H and O–H groups in total. The van der Waals surface area contributed by atoms with Crippen LogP contribution in [0.2, 0.25) is 0 Å². The first-order valence-electron chi connectivity index (χ1n) is 4.14. The molecule has 0 saturated carbocycles. The van der Waals surface area contributed by atoms with Crippen LogP contribution in [0.3, 0.4) is 0 Å². The number of hydrogen-bond donors (Lipinski definition) is 1. The zero-order valence-corrected chi connectivity index (χ0v) is 7.23. The molecule has 0 bridgehead atoms. The van der Waals surface area contributed by atoms with Crippen molar-refractivity contribution in [3.05, 3.63) is 35.4 Å². The van der Waals surface area contributed by atoms with Crippen LogP contribution in [0.4, 0.5) is 0 Å². The van der Waals surface area contributed by atoms with Crippen LogP contribution < -0.4 is 0 Å². The highest BCUT2D eigenvalue weighted by Gasteiger charge is 2.46. The Bertz CT molecular complexity index is 346. The summed E-state index contributed by atoms with van der Waals surface area (Å²) in [4.78, 5) is 10.5. The van der Waals surface area contributed by atoms with Gasteiger partial charge < -0.3 is 9.84 Å². The van der Waals surface area contributed by atoms with Gasteiger partial charge in [0.1, 0.15) is 6.10 Å². The summed E-state index contributed by atoms with van der Waals surface area (Å²) >= 11 is 0. The first-order chi connectivity index (χ1) is 6.20. The van der Waals surface area contributed by atoms with E-state index in [0.29, 0.717) is 0 Å². The maximum absolute atomic E-state index is 10.5. The predicted molar refractivity (Wildman–Crippen MR) is 46.4 cm³/mol. The topological polar surface area (TPSA) is 49.8 Å². The maximum atomic E-state index is 10.5. The minimum Gasteiger partial charge on any atom is -0.479 e. The quantitative estimate of drug-likeness (QED) is 0.698. The Kier molecular flexibility index (Phi) is 1.81. The molecule has 2 atom stereocenters. The van der Waals surface area contributed by atoms with Gasteiger partial charge in [-0.1, -0.05) is 24.3 Å². The molecule has 1 aliphatic heterocycles. The van der Waals surface area contributed by atoms with Gasteiger partial charge in [-0.2, -0.15) is 0 Å². The first-order valence-corrected chi connectivity index (χ1v) is 4.14. The number of ether oxygens (including phenoxy) is 1. The van der Waals surface area contributed by atoms with Crippen molar-refractivity contribution in [1.29, 1.82) is 0 Å². The zero-order valence-electron chi connectivity index (χ0n) is 7.23. The third-order valence-electron chi connectivity index (χ3n) is 2.23. The van der Waals surface area contributed by atoms with Crippen molar-refractivity contribution in [2.75, 3.05) is 0 Å². The Morgan fingerprint density at radius 1 is 1.46 bits per heavy atom. The Morgan fingerprint density at radius 3 is 2.69 bits per heavy atom. The van der Waals surface area contributed by atoms with E-state index in [-0.39, 0.29) is 6.10 Å². The molecule has 0 aromatic heterocycles. The van der Waals surface area contributed by atoms with Crippen molar-refractivity contribution in [2.24, 2.45) is 0 Å². The Hall–Kier alpha value is -1.35. The number of aliphatic carboxylic acids is 1. The van der Waals surface area contributed by atoms with Gasteiger partial charge in [-0.3, -0.25) is 0 Å². The van der Waals surface area contributed by atoms with E-state index < -0.39 is 12.1 Å². The number of carboxylic acids is 1. The summed E-state index contributed by atoms with van der Waals surface area (Å²) in [6, 6.07) is 7.68. The van der Waals surface area contributed by atoms with Gasteiger partial charge in [0.2, 0.25) is 0 Å². The number of rotatable bonds is 2. The summed E-state index contributed by atoms with van der Waals surface area (Å²) in [5, 5.41) is 8.65. The van der Waals surface area contributed by atoms with Crippen LogP contribution in [0.1, 0.15) is 17.2 Å². The fourth-order valence-electron chi connectivity index (χ4n) is 1.44. The Labute approximate surface area is 76.0 Å². The molecule has 1 saturated heterocycles. The first kappa shape index (κ1) is 8.26. The summed E-state index contributed by atoms with van der Waals surface area (Å²) < 4.78 is 5.05. The van der Waals surface area contributed by atoms with Crippen molar-refractivity contribution >= 4 is 5.97 Å². The van der Waals surface area contributed by atoms with Gasteiger partial charge in [-0.05, 0) is 18.1 Å². The van der Waals surface area contributed by atoms with E-state index in [1.807, 2.05) is 31.2 Å². The summed E-state index contributed by atoms with van der Waals surface area (Å²) in [5.41, 5.74) is 2.06. The molecule has 0 amide bonds. The summed E-state index contributed by atoms with van der Waals surface area (Å²) in [7, 11) is 0. The van der Waals surface area contributed by atoms with Gasteiger partial charge in [0.15, 0.2) is 6.10 Å². The van der Waals surface area contributed by atoms with E-state index in [9.17, 15) is 4.79 Å². The van der Waals surface area contributed by atoms with E-state index >= 15 is 0 Å². The average Bonchev–Trinajstić information content (AvgIpc) is 2.84. The summed E-state index contributed by atoms with van der Waals surface area (Å²) in [6.45, 7) is 1.95. The van der Waals surface area contributed by atoms with Crippen LogP contribution in [0.5, 0.6) is 0 Å². The van der Waals surface area contributed by atoms with Gasteiger partial charge in [-0.15, -0.1) is 0 Å². The molecule has 1 heterocycles. The van der Waals surface area contributed by atoms with Crippen molar-refractivity contribution < 1.29 is 14.6 Å². The molecular formula is C10H10O3. The normalized spacial score (nSPS) is 25.6. The number of benzene rings is 1. The minimum atomic E-state index is -0.881. The SMILES string of the molecule is Cc1ccccc1[C@H]1O[C@@H]1C(=O)O. The minimum absolute atomic E-state index is 0.237. The number of carboxylic acid groups (broad SMARTS) is 1. The smallest absolute Gasteiger partial charge is 0.335 e. The number of hydrogen-bond acceptors (Lipinski definition) is 2. The van der Waals surface area contributed by atoms with Crippen LogP contribution >= 0.6 is 0 Å². The summed E-state index contributed by atoms with van der Waals surface area (Å²) in [5.74, 6) is -0.881. The molecule has 0 aliphatic carbocycles. The summed E-state index contributed by atoms with van der Waals surface area (Å²) in [6.07, 6.45) is -0.875. The van der Waals surface area contributed by atoms with Crippen molar-refractivity contribution in [2.45, 2.75) is 19.1 Å². The molecule has 0 unspecified atom stereocenters. The molecule has 1 aliphatic rings. The highest BCUT2D eigenvalue weighted by molar-refractivity contribution is 5.76. The van der Waals surface area contributed by atoms with Crippen LogP contribution in [0.15, 0.2) is 24.3 Å². The molecule has 68 valence electrons. The largest absolute Gasteiger partial charge is 0.479 e. The van der Waals surface area contributed by atoms with E-state index in [1.165, 1.54) is 0 Å².